The molecule has 7 heteroatoms. The lowest BCUT2D eigenvalue weighted by atomic mass is 9.96. The molecule has 0 spiro atoms. The van der Waals surface area contributed by atoms with Crippen molar-refractivity contribution in [1.82, 2.24) is 15.1 Å². The van der Waals surface area contributed by atoms with Crippen LogP contribution in [0.25, 0.3) is 0 Å². The zero-order chi connectivity index (χ0) is 14.5. The Morgan fingerprint density at radius 3 is 2.80 bits per heavy atom. The Morgan fingerprint density at radius 1 is 1.50 bits per heavy atom. The van der Waals surface area contributed by atoms with Gasteiger partial charge in [-0.25, -0.2) is 4.79 Å². The van der Waals surface area contributed by atoms with Crippen molar-refractivity contribution >= 4 is 29.1 Å². The van der Waals surface area contributed by atoms with E-state index in [0.29, 0.717) is 23.5 Å². The number of carboxylic acids is 1. The van der Waals surface area contributed by atoms with Gasteiger partial charge < -0.3 is 15.7 Å². The molecule has 1 aromatic rings. The zero-order valence-electron chi connectivity index (χ0n) is 11.6. The Kier molecular flexibility index (Phi) is 4.94. The second-order valence-electron chi connectivity index (χ2n) is 4.99. The molecule has 2 rings (SSSR count). The molecule has 1 aliphatic rings. The number of carboxylic acid groups (broad SMARTS) is 1. The predicted molar refractivity (Wildman–Crippen MR) is 81.1 cm³/mol. The summed E-state index contributed by atoms with van der Waals surface area (Å²) in [6.45, 7) is 2.52. The first-order chi connectivity index (χ1) is 9.60. The first-order valence-electron chi connectivity index (χ1n) is 6.98. The van der Waals surface area contributed by atoms with Crippen LogP contribution in [0.15, 0.2) is 6.20 Å². The van der Waals surface area contributed by atoms with Gasteiger partial charge in [-0.15, -0.1) is 0 Å². The molecule has 0 saturated heterocycles. The molecule has 0 radical (unpaired) electrons. The number of nitrogens with one attached hydrogen (secondary N) is 2. The molecule has 0 aliphatic heterocycles. The number of anilines is 1. The molecule has 1 saturated carbocycles. The van der Waals surface area contributed by atoms with E-state index in [9.17, 15) is 4.79 Å². The monoisotopic (exact) mass is 296 g/mol. The van der Waals surface area contributed by atoms with Gasteiger partial charge in [-0.1, -0.05) is 19.3 Å². The van der Waals surface area contributed by atoms with Crippen molar-refractivity contribution in [2.45, 2.75) is 51.6 Å². The minimum absolute atomic E-state index is 0.139. The Morgan fingerprint density at radius 2 is 2.20 bits per heavy atom. The summed E-state index contributed by atoms with van der Waals surface area (Å²) in [6, 6.07) is 0.380. The van der Waals surface area contributed by atoms with Crippen LogP contribution >= 0.6 is 12.2 Å². The fourth-order valence-corrected chi connectivity index (χ4v) is 2.67. The largest absolute Gasteiger partial charge is 0.477 e. The highest BCUT2D eigenvalue weighted by Crippen LogP contribution is 2.18. The summed E-state index contributed by atoms with van der Waals surface area (Å²) in [4.78, 5) is 11.2. The standard InChI is InChI=1S/C13H20N4O2S/c1-2-17-8-10(12(18)19)11(16-17)15-13(20)14-9-6-4-3-5-7-9/h8-9H,2-7H2,1H3,(H,18,19)(H2,14,15,16,20). The average Bonchev–Trinajstić information content (AvgIpc) is 2.83. The van der Waals surface area contributed by atoms with Gasteiger partial charge in [-0.3, -0.25) is 4.68 Å². The molecular weight excluding hydrogens is 276 g/mol. The molecule has 1 fully saturated rings. The molecule has 6 nitrogen and oxygen atoms in total. The summed E-state index contributed by atoms with van der Waals surface area (Å²) in [7, 11) is 0. The lowest BCUT2D eigenvalue weighted by molar-refractivity contribution is 0.0698. The highest BCUT2D eigenvalue weighted by molar-refractivity contribution is 7.80. The number of hydrogen-bond acceptors (Lipinski definition) is 3. The van der Waals surface area contributed by atoms with Crippen molar-refractivity contribution in [3.05, 3.63) is 11.8 Å². The quantitative estimate of drug-likeness (QED) is 0.739. The number of hydrogen-bond donors (Lipinski definition) is 3. The van der Waals surface area contributed by atoms with Gasteiger partial charge in [-0.2, -0.15) is 5.10 Å². The number of nitrogens with zero attached hydrogens (tertiary/aromatic N) is 2. The van der Waals surface area contributed by atoms with Crippen LogP contribution in [0.3, 0.4) is 0 Å². The number of carbonyl (C=O) groups is 1. The fraction of sp³-hybridized carbons (Fsp3) is 0.615. The molecule has 3 N–H and O–H groups in total. The van der Waals surface area contributed by atoms with Crippen LogP contribution in [0.2, 0.25) is 0 Å². The van der Waals surface area contributed by atoms with E-state index >= 15 is 0 Å². The summed E-state index contributed by atoms with van der Waals surface area (Å²) in [5, 5.41) is 19.9. The number of thiocarbonyl (C=S) groups is 1. The van der Waals surface area contributed by atoms with Crippen molar-refractivity contribution in [3.8, 4) is 0 Å². The Bertz CT molecular complexity index is 495. The van der Waals surface area contributed by atoms with E-state index < -0.39 is 5.97 Å². The predicted octanol–water partition coefficient (Wildman–Crippen LogP) is 2.22. The Hall–Kier alpha value is -1.63. The molecule has 20 heavy (non-hydrogen) atoms. The number of aromatic carboxylic acids is 1. The Balaban J connectivity index is 1.99. The van der Waals surface area contributed by atoms with Gasteiger partial charge in [-0.05, 0) is 32.0 Å². The third-order valence-electron chi connectivity index (χ3n) is 3.49. The van der Waals surface area contributed by atoms with Crippen molar-refractivity contribution < 1.29 is 9.90 Å². The van der Waals surface area contributed by atoms with Crippen LogP contribution in [0.5, 0.6) is 0 Å². The van der Waals surface area contributed by atoms with E-state index in [1.807, 2.05) is 6.92 Å². The van der Waals surface area contributed by atoms with Gasteiger partial charge in [0.2, 0.25) is 0 Å². The topological polar surface area (TPSA) is 79.2 Å². The van der Waals surface area contributed by atoms with E-state index in [0.717, 1.165) is 12.8 Å². The summed E-state index contributed by atoms with van der Waals surface area (Å²) in [5.41, 5.74) is 0.139. The highest BCUT2D eigenvalue weighted by Gasteiger charge is 2.18. The van der Waals surface area contributed by atoms with E-state index in [1.54, 1.807) is 4.68 Å². The van der Waals surface area contributed by atoms with E-state index in [1.165, 1.54) is 25.5 Å². The van der Waals surface area contributed by atoms with E-state index in [2.05, 4.69) is 15.7 Å². The third kappa shape index (κ3) is 3.69. The minimum Gasteiger partial charge on any atom is -0.477 e. The fourth-order valence-electron chi connectivity index (χ4n) is 2.41. The lowest BCUT2D eigenvalue weighted by Gasteiger charge is -2.24. The van der Waals surface area contributed by atoms with Crippen LogP contribution in [0.4, 0.5) is 5.82 Å². The smallest absolute Gasteiger partial charge is 0.341 e. The maximum absolute atomic E-state index is 11.2. The molecule has 0 atom stereocenters. The van der Waals surface area contributed by atoms with Crippen LogP contribution in [-0.4, -0.2) is 32.0 Å². The van der Waals surface area contributed by atoms with Crippen LogP contribution in [-0.2, 0) is 6.54 Å². The maximum atomic E-state index is 11.2. The first-order valence-corrected chi connectivity index (χ1v) is 7.39. The number of aryl methyl sites for hydroxylation is 1. The lowest BCUT2D eigenvalue weighted by Crippen LogP contribution is -2.39. The van der Waals surface area contributed by atoms with Gasteiger partial charge in [0.1, 0.15) is 5.56 Å². The molecule has 1 aliphatic carbocycles. The van der Waals surface area contributed by atoms with Crippen molar-refractivity contribution in [1.29, 1.82) is 0 Å². The summed E-state index contributed by atoms with van der Waals surface area (Å²) in [6.07, 6.45) is 7.43. The molecule has 0 bridgehead atoms. The van der Waals surface area contributed by atoms with Gasteiger partial charge in [0.15, 0.2) is 10.9 Å². The molecule has 0 unspecified atom stereocenters. The van der Waals surface area contributed by atoms with Gasteiger partial charge in [0, 0.05) is 18.8 Å². The SMILES string of the molecule is CCn1cc(C(=O)O)c(NC(=S)NC2CCCCC2)n1. The summed E-state index contributed by atoms with van der Waals surface area (Å²) >= 11 is 5.24. The zero-order valence-corrected chi connectivity index (χ0v) is 12.4. The minimum atomic E-state index is -1.01. The third-order valence-corrected chi connectivity index (χ3v) is 3.71. The molecule has 1 heterocycles. The normalized spacial score (nSPS) is 15.8. The first kappa shape index (κ1) is 14.8. The number of aromatic nitrogens is 2. The summed E-state index contributed by atoms with van der Waals surface area (Å²) < 4.78 is 1.58. The second-order valence-corrected chi connectivity index (χ2v) is 5.39. The van der Waals surface area contributed by atoms with Crippen LogP contribution < -0.4 is 10.6 Å². The van der Waals surface area contributed by atoms with E-state index in [4.69, 9.17) is 17.3 Å². The number of rotatable bonds is 4. The van der Waals surface area contributed by atoms with Gasteiger partial charge >= 0.3 is 5.97 Å². The van der Waals surface area contributed by atoms with Gasteiger partial charge in [0.25, 0.3) is 0 Å². The second kappa shape index (κ2) is 6.69. The van der Waals surface area contributed by atoms with Crippen LogP contribution in [0, 0.1) is 0 Å². The van der Waals surface area contributed by atoms with Crippen molar-refractivity contribution in [3.63, 3.8) is 0 Å². The van der Waals surface area contributed by atoms with Crippen LogP contribution in [0.1, 0.15) is 49.4 Å². The van der Waals surface area contributed by atoms with Crippen molar-refractivity contribution in [2.75, 3.05) is 5.32 Å². The summed E-state index contributed by atoms with van der Waals surface area (Å²) in [5.74, 6) is -0.708. The molecule has 0 aromatic carbocycles. The Labute approximate surface area is 123 Å². The molecule has 0 amide bonds. The average molecular weight is 296 g/mol. The van der Waals surface area contributed by atoms with Crippen molar-refractivity contribution in [2.24, 2.45) is 0 Å². The molecule has 110 valence electrons. The highest BCUT2D eigenvalue weighted by atomic mass is 32.1. The van der Waals surface area contributed by atoms with E-state index in [-0.39, 0.29) is 5.56 Å². The van der Waals surface area contributed by atoms with Gasteiger partial charge in [0.05, 0.1) is 0 Å². The molecule has 1 aromatic heterocycles. The maximum Gasteiger partial charge on any atom is 0.341 e. The molecular formula is C13H20N4O2S.